The zero-order chi connectivity index (χ0) is 28.6. The number of carbonyl (C=O) groups is 1. The third-order valence-electron chi connectivity index (χ3n) is 8.35. The highest BCUT2D eigenvalue weighted by Gasteiger charge is 2.35. The lowest BCUT2D eigenvalue weighted by Crippen LogP contribution is -2.43. The van der Waals surface area contributed by atoms with Gasteiger partial charge in [-0.05, 0) is 80.1 Å². The number of aromatic nitrogens is 3. The fourth-order valence-electron chi connectivity index (χ4n) is 6.06. The molecule has 42 heavy (non-hydrogen) atoms. The number of urea groups is 1. The van der Waals surface area contributed by atoms with Crippen LogP contribution in [0.15, 0.2) is 60.8 Å². The molecule has 3 saturated heterocycles. The number of anilines is 3. The van der Waals surface area contributed by atoms with E-state index in [1.165, 1.54) is 29.8 Å². The van der Waals surface area contributed by atoms with Gasteiger partial charge in [-0.1, -0.05) is 0 Å². The molecule has 2 bridgehead atoms. The topological polar surface area (TPSA) is 90.3 Å². The average Bonchev–Trinajstić information content (AvgIpc) is 3.56. The maximum absolute atomic E-state index is 13.2. The van der Waals surface area contributed by atoms with Crippen molar-refractivity contribution in [2.24, 2.45) is 0 Å². The molecule has 3 aliphatic heterocycles. The monoisotopic (exact) mass is 570 g/mol. The molecule has 4 aromatic rings. The van der Waals surface area contributed by atoms with E-state index in [0.717, 1.165) is 75.6 Å². The van der Waals surface area contributed by atoms with Crippen molar-refractivity contribution >= 4 is 28.7 Å². The van der Waals surface area contributed by atoms with Gasteiger partial charge < -0.3 is 25.2 Å². The van der Waals surface area contributed by atoms with Gasteiger partial charge in [-0.25, -0.2) is 18.7 Å². The predicted octanol–water partition coefficient (Wildman–Crippen LogP) is 4.29. The van der Waals surface area contributed by atoms with E-state index >= 15 is 0 Å². The minimum Gasteiger partial charge on any atom is -0.371 e. The van der Waals surface area contributed by atoms with Crippen molar-refractivity contribution in [3.8, 4) is 11.4 Å². The van der Waals surface area contributed by atoms with Gasteiger partial charge in [0.05, 0.1) is 12.2 Å². The summed E-state index contributed by atoms with van der Waals surface area (Å²) in [6.07, 6.45) is 4.80. The second-order valence-corrected chi connectivity index (χ2v) is 11.5. The van der Waals surface area contributed by atoms with Gasteiger partial charge in [-0.3, -0.25) is 4.90 Å². The molecule has 0 spiro atoms. The first-order chi connectivity index (χ1) is 20.4. The van der Waals surface area contributed by atoms with Crippen LogP contribution < -0.4 is 15.5 Å². The first-order valence-corrected chi connectivity index (χ1v) is 14.6. The van der Waals surface area contributed by atoms with E-state index in [9.17, 15) is 9.18 Å². The van der Waals surface area contributed by atoms with E-state index in [0.29, 0.717) is 17.2 Å². The van der Waals surface area contributed by atoms with E-state index < -0.39 is 6.03 Å². The number of nitrogens with one attached hydrogen (secondary N) is 2. The van der Waals surface area contributed by atoms with Crippen molar-refractivity contribution in [1.82, 2.24) is 24.4 Å². The van der Waals surface area contributed by atoms with E-state index in [2.05, 4.69) is 44.6 Å². The molecule has 2 N–H and O–H groups in total. The number of hydrogen-bond acceptors (Lipinski definition) is 7. The molecular formula is C31H35FN8O2. The third kappa shape index (κ3) is 5.80. The van der Waals surface area contributed by atoms with Crippen molar-refractivity contribution in [2.45, 2.75) is 31.6 Å². The maximum atomic E-state index is 13.2. The quantitative estimate of drug-likeness (QED) is 0.357. The number of ether oxygens (including phenoxy) is 1. The largest absolute Gasteiger partial charge is 0.371 e. The fraction of sp³-hybridized carbons (Fsp3) is 0.387. The molecule has 2 amide bonds. The van der Waals surface area contributed by atoms with E-state index in [-0.39, 0.29) is 18.0 Å². The first-order valence-electron chi connectivity index (χ1n) is 14.6. The van der Waals surface area contributed by atoms with Crippen molar-refractivity contribution in [3.05, 3.63) is 72.2 Å². The summed E-state index contributed by atoms with van der Waals surface area (Å²) in [6, 6.07) is 15.0. The predicted molar refractivity (Wildman–Crippen MR) is 160 cm³/mol. The Morgan fingerprint density at radius 2 is 1.60 bits per heavy atom. The van der Waals surface area contributed by atoms with E-state index in [1.807, 2.05) is 28.8 Å². The van der Waals surface area contributed by atoms with Crippen LogP contribution in [0.25, 0.3) is 16.9 Å². The fourth-order valence-corrected chi connectivity index (χ4v) is 6.06. The molecule has 10 nitrogen and oxygen atoms in total. The normalized spacial score (nSPS) is 21.1. The zero-order valence-corrected chi connectivity index (χ0v) is 23.7. The Morgan fingerprint density at radius 1 is 0.952 bits per heavy atom. The van der Waals surface area contributed by atoms with Crippen LogP contribution in [-0.2, 0) is 11.3 Å². The molecular weight excluding hydrogens is 535 g/mol. The Balaban J connectivity index is 1.14. The number of piperazine rings is 1. The number of amides is 2. The Morgan fingerprint density at radius 3 is 2.26 bits per heavy atom. The SMILES string of the molecule is CN1CCN(Cc2cc3c(N4CC5CCC(C4)O5)nc(-c4ccc(NC(=O)Nc5ccc(F)cc5)cc4)nn3c2)CC1. The van der Waals surface area contributed by atoms with Crippen molar-refractivity contribution in [2.75, 3.05) is 61.8 Å². The highest BCUT2D eigenvalue weighted by Crippen LogP contribution is 2.33. The van der Waals surface area contributed by atoms with Gasteiger partial charge in [0, 0.05) is 68.9 Å². The second-order valence-electron chi connectivity index (χ2n) is 11.5. The number of fused-ring (bicyclic) bond motifs is 3. The first kappa shape index (κ1) is 26.8. The highest BCUT2D eigenvalue weighted by molar-refractivity contribution is 5.99. The van der Waals surface area contributed by atoms with E-state index in [1.54, 1.807) is 0 Å². The molecule has 2 aromatic heterocycles. The highest BCUT2D eigenvalue weighted by atomic mass is 19.1. The molecule has 2 unspecified atom stereocenters. The summed E-state index contributed by atoms with van der Waals surface area (Å²) in [6.45, 7) is 6.82. The average molecular weight is 571 g/mol. The van der Waals surface area contributed by atoms with Crippen LogP contribution in [0, 0.1) is 5.82 Å². The minimum absolute atomic E-state index is 0.244. The molecule has 0 saturated carbocycles. The van der Waals surface area contributed by atoms with Crippen LogP contribution in [-0.4, -0.2) is 89.0 Å². The van der Waals surface area contributed by atoms with Crippen LogP contribution in [0.2, 0.25) is 0 Å². The molecule has 0 radical (unpaired) electrons. The summed E-state index contributed by atoms with van der Waals surface area (Å²) in [5.74, 6) is 1.21. The maximum Gasteiger partial charge on any atom is 0.323 e. The van der Waals surface area contributed by atoms with Crippen molar-refractivity contribution in [1.29, 1.82) is 0 Å². The van der Waals surface area contributed by atoms with Gasteiger partial charge >= 0.3 is 6.03 Å². The Kier molecular flexibility index (Phi) is 7.22. The molecule has 0 aliphatic carbocycles. The van der Waals surface area contributed by atoms with Gasteiger partial charge in [-0.15, -0.1) is 5.10 Å². The Labute approximate surface area is 244 Å². The van der Waals surface area contributed by atoms with Crippen LogP contribution in [0.5, 0.6) is 0 Å². The molecule has 2 aromatic carbocycles. The number of benzene rings is 2. The summed E-state index contributed by atoms with van der Waals surface area (Å²) in [4.78, 5) is 24.8. The standard InChI is InChI=1S/C31H35FN8O2/c1-37-12-14-38(15-13-37)17-21-16-28-30(39-19-26-10-11-27(20-39)42-26)35-29(36-40(28)18-21)22-2-6-24(7-3-22)33-31(41)34-25-8-4-23(32)5-9-25/h2-9,16,18,26-27H,10-15,17,19-20H2,1H3,(H2,33,34,41). The number of halogens is 1. The van der Waals surface area contributed by atoms with Gasteiger partial charge in [0.2, 0.25) is 0 Å². The summed E-state index contributed by atoms with van der Waals surface area (Å²) in [7, 11) is 2.17. The summed E-state index contributed by atoms with van der Waals surface area (Å²) >= 11 is 0. The van der Waals surface area contributed by atoms with Crippen LogP contribution in [0.3, 0.4) is 0 Å². The summed E-state index contributed by atoms with van der Waals surface area (Å²) in [5, 5.41) is 10.5. The van der Waals surface area contributed by atoms with Gasteiger partial charge in [0.1, 0.15) is 11.3 Å². The minimum atomic E-state index is -0.406. The number of likely N-dealkylation sites (N-methyl/N-ethyl adjacent to an activating group) is 1. The second kappa shape index (κ2) is 11.3. The molecule has 218 valence electrons. The van der Waals surface area contributed by atoms with Gasteiger partial charge in [-0.2, -0.15) is 0 Å². The zero-order valence-electron chi connectivity index (χ0n) is 23.7. The lowest BCUT2D eigenvalue weighted by Gasteiger charge is -2.33. The number of morpholine rings is 1. The molecule has 11 heteroatoms. The Hall–Kier alpha value is -4.06. The molecule has 3 fully saturated rings. The number of carbonyl (C=O) groups excluding carboxylic acids is 1. The number of nitrogens with zero attached hydrogens (tertiary/aromatic N) is 6. The lowest BCUT2D eigenvalue weighted by molar-refractivity contribution is 0.0303. The van der Waals surface area contributed by atoms with Crippen molar-refractivity contribution in [3.63, 3.8) is 0 Å². The molecule has 5 heterocycles. The lowest BCUT2D eigenvalue weighted by atomic mass is 10.2. The summed E-state index contributed by atoms with van der Waals surface area (Å²) < 4.78 is 21.3. The van der Waals surface area contributed by atoms with Crippen LogP contribution in [0.4, 0.5) is 26.4 Å². The van der Waals surface area contributed by atoms with Gasteiger partial charge in [0.25, 0.3) is 0 Å². The number of rotatable bonds is 6. The molecule has 3 aliphatic rings. The molecule has 2 atom stereocenters. The van der Waals surface area contributed by atoms with Gasteiger partial charge in [0.15, 0.2) is 11.6 Å². The molecule has 7 rings (SSSR count). The summed E-state index contributed by atoms with van der Waals surface area (Å²) in [5.41, 5.74) is 4.23. The Bertz CT molecular complexity index is 1550. The van der Waals surface area contributed by atoms with Crippen LogP contribution >= 0.6 is 0 Å². The third-order valence-corrected chi connectivity index (χ3v) is 8.35. The number of hydrogen-bond donors (Lipinski definition) is 2. The smallest absolute Gasteiger partial charge is 0.323 e. The van der Waals surface area contributed by atoms with Crippen LogP contribution in [0.1, 0.15) is 18.4 Å². The van der Waals surface area contributed by atoms with E-state index in [4.69, 9.17) is 14.8 Å². The van der Waals surface area contributed by atoms with Crippen molar-refractivity contribution < 1.29 is 13.9 Å².